The molecule has 92 valence electrons. The van der Waals surface area contributed by atoms with Crippen LogP contribution in [0.25, 0.3) is 0 Å². The number of carbonyl (C=O) groups excluding carboxylic acids is 2. The van der Waals surface area contributed by atoms with Crippen LogP contribution in [0, 0.1) is 5.82 Å². The molecule has 0 heterocycles. The highest BCUT2D eigenvalue weighted by Gasteiger charge is 2.19. The summed E-state index contributed by atoms with van der Waals surface area (Å²) in [5.74, 6) is -1.89. The van der Waals surface area contributed by atoms with Crippen molar-refractivity contribution in [2.75, 3.05) is 12.8 Å². The molecular weight excluding hydrogens is 227 g/mol. The average molecular weight is 240 g/mol. The lowest BCUT2D eigenvalue weighted by Gasteiger charge is -2.12. The Bertz CT molecular complexity index is 448. The third-order valence-electron chi connectivity index (χ3n) is 2.20. The third-order valence-corrected chi connectivity index (χ3v) is 2.20. The number of hydrogen-bond acceptors (Lipinski definition) is 4. The zero-order chi connectivity index (χ0) is 13.0. The number of nitrogen functional groups attached to an aromatic ring is 1. The summed E-state index contributed by atoms with van der Waals surface area (Å²) >= 11 is 0. The van der Waals surface area contributed by atoms with Crippen LogP contribution >= 0.6 is 0 Å². The van der Waals surface area contributed by atoms with Gasteiger partial charge in [-0.05, 0) is 19.1 Å². The minimum atomic E-state index is -0.824. The summed E-state index contributed by atoms with van der Waals surface area (Å²) in [7, 11) is 1.21. The van der Waals surface area contributed by atoms with Gasteiger partial charge >= 0.3 is 5.97 Å². The van der Waals surface area contributed by atoms with Gasteiger partial charge in [-0.1, -0.05) is 6.07 Å². The van der Waals surface area contributed by atoms with E-state index in [1.165, 1.54) is 26.2 Å². The highest BCUT2D eigenvalue weighted by molar-refractivity contribution is 6.00. The molecule has 0 aliphatic rings. The average Bonchev–Trinajstić information content (AvgIpc) is 2.31. The van der Waals surface area contributed by atoms with Crippen LogP contribution < -0.4 is 11.1 Å². The molecule has 1 rings (SSSR count). The summed E-state index contributed by atoms with van der Waals surface area (Å²) < 4.78 is 17.5. The lowest BCUT2D eigenvalue weighted by atomic mass is 10.1. The molecule has 1 aromatic carbocycles. The van der Waals surface area contributed by atoms with Gasteiger partial charge in [0.05, 0.1) is 18.4 Å². The number of rotatable bonds is 3. The number of para-hydroxylation sites is 1. The minimum Gasteiger partial charge on any atom is -0.467 e. The number of methoxy groups -OCH3 is 1. The zero-order valence-corrected chi connectivity index (χ0v) is 9.49. The molecule has 6 heteroatoms. The molecular formula is C11H13FN2O3. The Balaban J connectivity index is 2.84. The molecule has 0 aliphatic carbocycles. The second-order valence-corrected chi connectivity index (χ2v) is 3.42. The first-order chi connectivity index (χ1) is 7.97. The number of amides is 1. The number of nitrogens with two attached hydrogens (primary N) is 1. The van der Waals surface area contributed by atoms with Gasteiger partial charge in [-0.15, -0.1) is 0 Å². The van der Waals surface area contributed by atoms with E-state index in [9.17, 15) is 14.0 Å². The molecule has 5 nitrogen and oxygen atoms in total. The molecule has 1 aromatic rings. The van der Waals surface area contributed by atoms with Gasteiger partial charge in [-0.3, -0.25) is 4.79 Å². The van der Waals surface area contributed by atoms with Gasteiger partial charge in [0.1, 0.15) is 11.9 Å². The van der Waals surface area contributed by atoms with Crippen molar-refractivity contribution in [1.29, 1.82) is 0 Å². The Kier molecular flexibility index (Phi) is 4.03. The predicted octanol–water partition coefficient (Wildman–Crippen LogP) is 0.699. The van der Waals surface area contributed by atoms with Gasteiger partial charge in [0.25, 0.3) is 5.91 Å². The number of esters is 1. The molecule has 0 aromatic heterocycles. The largest absolute Gasteiger partial charge is 0.467 e. The fourth-order valence-electron chi connectivity index (χ4n) is 1.25. The van der Waals surface area contributed by atoms with Crippen molar-refractivity contribution in [2.24, 2.45) is 0 Å². The van der Waals surface area contributed by atoms with Gasteiger partial charge in [0.2, 0.25) is 0 Å². The maximum absolute atomic E-state index is 13.1. The number of halogens is 1. The van der Waals surface area contributed by atoms with Gasteiger partial charge < -0.3 is 15.8 Å². The van der Waals surface area contributed by atoms with Gasteiger partial charge in [-0.25, -0.2) is 9.18 Å². The van der Waals surface area contributed by atoms with Crippen LogP contribution in [0.2, 0.25) is 0 Å². The molecule has 0 spiro atoms. The Morgan fingerprint density at radius 2 is 2.12 bits per heavy atom. The first-order valence-electron chi connectivity index (χ1n) is 4.90. The van der Waals surface area contributed by atoms with Crippen molar-refractivity contribution in [1.82, 2.24) is 5.32 Å². The van der Waals surface area contributed by atoms with Crippen LogP contribution in [-0.4, -0.2) is 25.0 Å². The van der Waals surface area contributed by atoms with E-state index >= 15 is 0 Å². The second-order valence-electron chi connectivity index (χ2n) is 3.42. The van der Waals surface area contributed by atoms with E-state index in [4.69, 9.17) is 5.73 Å². The minimum absolute atomic E-state index is 0.0132. The summed E-state index contributed by atoms with van der Waals surface area (Å²) in [6, 6.07) is 3.06. The Labute approximate surface area is 97.7 Å². The quantitative estimate of drug-likeness (QED) is 0.602. The van der Waals surface area contributed by atoms with E-state index in [2.05, 4.69) is 10.1 Å². The summed E-state index contributed by atoms with van der Waals surface area (Å²) in [5.41, 5.74) is 5.15. The number of nitrogens with one attached hydrogen (secondary N) is 1. The molecule has 0 radical (unpaired) electrons. The molecule has 0 saturated carbocycles. The number of anilines is 1. The van der Waals surface area contributed by atoms with Crippen LogP contribution in [0.5, 0.6) is 0 Å². The third kappa shape index (κ3) is 2.93. The van der Waals surface area contributed by atoms with Crippen molar-refractivity contribution in [2.45, 2.75) is 13.0 Å². The van der Waals surface area contributed by atoms with Gasteiger partial charge in [-0.2, -0.15) is 0 Å². The number of benzene rings is 1. The topological polar surface area (TPSA) is 81.4 Å². The Morgan fingerprint density at radius 3 is 2.71 bits per heavy atom. The zero-order valence-electron chi connectivity index (χ0n) is 9.49. The van der Waals surface area contributed by atoms with E-state index in [1.54, 1.807) is 0 Å². The highest BCUT2D eigenvalue weighted by Crippen LogP contribution is 2.15. The summed E-state index contributed by atoms with van der Waals surface area (Å²) in [5, 5.41) is 2.35. The number of carbonyl (C=O) groups is 2. The molecule has 0 bridgehead atoms. The SMILES string of the molecule is COC(=O)[C@H](C)NC(=O)c1cccc(F)c1N. The highest BCUT2D eigenvalue weighted by atomic mass is 19.1. The van der Waals surface area contributed by atoms with Crippen LogP contribution in [-0.2, 0) is 9.53 Å². The van der Waals surface area contributed by atoms with Crippen molar-refractivity contribution in [3.05, 3.63) is 29.6 Å². The maximum atomic E-state index is 13.1. The lowest BCUT2D eigenvalue weighted by molar-refractivity contribution is -0.142. The van der Waals surface area contributed by atoms with Gasteiger partial charge in [0.15, 0.2) is 0 Å². The van der Waals surface area contributed by atoms with Crippen LogP contribution in [0.15, 0.2) is 18.2 Å². The maximum Gasteiger partial charge on any atom is 0.328 e. The van der Waals surface area contributed by atoms with Gasteiger partial charge in [0, 0.05) is 0 Å². The molecule has 0 unspecified atom stereocenters. The molecule has 1 amide bonds. The van der Waals surface area contributed by atoms with E-state index in [0.717, 1.165) is 6.07 Å². The van der Waals surface area contributed by atoms with Crippen molar-refractivity contribution < 1.29 is 18.7 Å². The van der Waals surface area contributed by atoms with E-state index < -0.39 is 23.7 Å². The molecule has 1 atom stereocenters. The fraction of sp³-hybridized carbons (Fsp3) is 0.273. The first-order valence-corrected chi connectivity index (χ1v) is 4.90. The Hall–Kier alpha value is -2.11. The smallest absolute Gasteiger partial charge is 0.328 e. The monoisotopic (exact) mass is 240 g/mol. The van der Waals surface area contributed by atoms with E-state index in [-0.39, 0.29) is 11.3 Å². The lowest BCUT2D eigenvalue weighted by Crippen LogP contribution is -2.39. The molecule has 17 heavy (non-hydrogen) atoms. The first kappa shape index (κ1) is 13.0. The van der Waals surface area contributed by atoms with Crippen LogP contribution in [0.1, 0.15) is 17.3 Å². The van der Waals surface area contributed by atoms with E-state index in [1.807, 2.05) is 0 Å². The molecule has 0 fully saturated rings. The van der Waals surface area contributed by atoms with Crippen molar-refractivity contribution in [3.63, 3.8) is 0 Å². The molecule has 0 aliphatic heterocycles. The normalized spacial score (nSPS) is 11.7. The molecule has 3 N–H and O–H groups in total. The van der Waals surface area contributed by atoms with Crippen molar-refractivity contribution in [3.8, 4) is 0 Å². The molecule has 0 saturated heterocycles. The fourth-order valence-corrected chi connectivity index (χ4v) is 1.25. The summed E-state index contributed by atoms with van der Waals surface area (Å²) in [6.45, 7) is 1.46. The van der Waals surface area contributed by atoms with E-state index in [0.29, 0.717) is 0 Å². The second kappa shape index (κ2) is 5.29. The number of hydrogen-bond donors (Lipinski definition) is 2. The number of ether oxygens (including phenoxy) is 1. The van der Waals surface area contributed by atoms with Crippen molar-refractivity contribution >= 4 is 17.6 Å². The predicted molar refractivity (Wildman–Crippen MR) is 59.8 cm³/mol. The van der Waals surface area contributed by atoms with Crippen LogP contribution in [0.3, 0.4) is 0 Å². The summed E-state index contributed by atoms with van der Waals surface area (Å²) in [4.78, 5) is 22.8. The summed E-state index contributed by atoms with van der Waals surface area (Å²) in [6.07, 6.45) is 0. The standard InChI is InChI=1S/C11H13FN2O3/c1-6(11(16)17-2)14-10(15)7-4-3-5-8(12)9(7)13/h3-6H,13H2,1-2H3,(H,14,15)/t6-/m0/s1. The Morgan fingerprint density at radius 1 is 1.47 bits per heavy atom. The van der Waals surface area contributed by atoms with Crippen LogP contribution in [0.4, 0.5) is 10.1 Å².